The Hall–Kier alpha value is -3.10. The van der Waals surface area contributed by atoms with Gasteiger partial charge in [-0.05, 0) is 43.4 Å². The number of imide groups is 1. The number of anilines is 1. The number of nitrogens with one attached hydrogen (secondary N) is 2. The fraction of sp³-hybridized carbons (Fsp3) is 0.500. The summed E-state index contributed by atoms with van der Waals surface area (Å²) in [5.41, 5.74) is 2.54. The molecule has 0 saturated carbocycles. The molecular formula is C20H25N5O4. The van der Waals surface area contributed by atoms with Crippen LogP contribution >= 0.6 is 0 Å². The largest absolute Gasteiger partial charge is 0.465 e. The monoisotopic (exact) mass is 399 g/mol. The third-order valence-electron chi connectivity index (χ3n) is 5.83. The molecule has 2 atom stereocenters. The van der Waals surface area contributed by atoms with E-state index in [4.69, 9.17) is 0 Å². The lowest BCUT2D eigenvalue weighted by Gasteiger charge is -2.31. The lowest BCUT2D eigenvalue weighted by Crippen LogP contribution is -2.41. The van der Waals surface area contributed by atoms with Crippen LogP contribution in [0.5, 0.6) is 0 Å². The predicted molar refractivity (Wildman–Crippen MR) is 107 cm³/mol. The first-order valence-electron chi connectivity index (χ1n) is 9.94. The first kappa shape index (κ1) is 19.2. The molecule has 9 nitrogen and oxygen atoms in total. The molecule has 3 amide bonds. The molecule has 1 aromatic carbocycles. The minimum atomic E-state index is -0.855. The maximum atomic E-state index is 12.2. The van der Waals surface area contributed by atoms with Gasteiger partial charge in [-0.3, -0.25) is 19.6 Å². The summed E-state index contributed by atoms with van der Waals surface area (Å²) in [4.78, 5) is 36.3. The average Bonchev–Trinajstić information content (AvgIpc) is 3.02. The molecule has 2 aromatic rings. The van der Waals surface area contributed by atoms with Crippen LogP contribution in [0.2, 0.25) is 0 Å². The smallest absolute Gasteiger partial charge is 0.407 e. The molecule has 154 valence electrons. The molecule has 9 heteroatoms. The van der Waals surface area contributed by atoms with Gasteiger partial charge in [0.05, 0.1) is 17.1 Å². The Morgan fingerprint density at radius 2 is 2.17 bits per heavy atom. The van der Waals surface area contributed by atoms with Crippen molar-refractivity contribution in [1.29, 1.82) is 0 Å². The van der Waals surface area contributed by atoms with Crippen molar-refractivity contribution in [3.63, 3.8) is 0 Å². The van der Waals surface area contributed by atoms with Gasteiger partial charge in [0.2, 0.25) is 11.8 Å². The van der Waals surface area contributed by atoms with Crippen molar-refractivity contribution >= 4 is 34.5 Å². The van der Waals surface area contributed by atoms with Crippen LogP contribution in [0.1, 0.15) is 37.3 Å². The Morgan fingerprint density at radius 1 is 1.34 bits per heavy atom. The van der Waals surface area contributed by atoms with Gasteiger partial charge in [-0.25, -0.2) is 4.79 Å². The van der Waals surface area contributed by atoms with Gasteiger partial charge in [-0.1, -0.05) is 0 Å². The van der Waals surface area contributed by atoms with Crippen LogP contribution in [-0.4, -0.2) is 57.3 Å². The summed E-state index contributed by atoms with van der Waals surface area (Å²) in [6, 6.07) is 5.90. The predicted octanol–water partition coefficient (Wildman–Crippen LogP) is 1.90. The van der Waals surface area contributed by atoms with Crippen LogP contribution in [-0.2, 0) is 16.6 Å². The van der Waals surface area contributed by atoms with E-state index in [9.17, 15) is 19.5 Å². The zero-order chi connectivity index (χ0) is 20.5. The summed E-state index contributed by atoms with van der Waals surface area (Å²) in [6.45, 7) is 1.86. The molecule has 2 fully saturated rings. The summed E-state index contributed by atoms with van der Waals surface area (Å²) < 4.78 is 1.76. The van der Waals surface area contributed by atoms with E-state index in [0.717, 1.165) is 29.4 Å². The standard InChI is InChI=1S/C20H25N5O4/c1-24-16-9-13(21-10-12-3-2-8-25(11-12)20(28)29)4-5-14(16)18(23-24)15-6-7-17(26)22-19(15)27/h4-5,9,12,15,21H,2-3,6-8,10-11H2,1H3,(H,28,29)(H,22,26,27)/t12-,15?/m1/s1. The SMILES string of the molecule is Cn1nc(C2CCC(=O)NC2=O)c2ccc(NC[C@H]3CCCN(C(=O)O)C3)cc21. The van der Waals surface area contributed by atoms with Crippen LogP contribution in [0.15, 0.2) is 18.2 Å². The number of carbonyl (C=O) groups is 3. The molecule has 2 aliphatic heterocycles. The molecular weight excluding hydrogens is 374 g/mol. The van der Waals surface area contributed by atoms with E-state index in [-0.39, 0.29) is 17.7 Å². The number of piperidine rings is 2. The minimum absolute atomic E-state index is 0.234. The number of hydrogen-bond acceptors (Lipinski definition) is 5. The number of likely N-dealkylation sites (tertiary alicyclic amines) is 1. The number of hydrogen-bond donors (Lipinski definition) is 3. The van der Waals surface area contributed by atoms with Gasteiger partial charge in [0.25, 0.3) is 0 Å². The molecule has 3 N–H and O–H groups in total. The van der Waals surface area contributed by atoms with Crippen molar-refractivity contribution in [2.24, 2.45) is 13.0 Å². The van der Waals surface area contributed by atoms with E-state index in [0.29, 0.717) is 38.2 Å². The van der Waals surface area contributed by atoms with Crippen molar-refractivity contribution in [2.75, 3.05) is 25.0 Å². The Kier molecular flexibility index (Phi) is 5.12. The quantitative estimate of drug-likeness (QED) is 0.676. The third kappa shape index (κ3) is 3.90. The van der Waals surface area contributed by atoms with Gasteiger partial charge >= 0.3 is 6.09 Å². The molecule has 4 rings (SSSR count). The second kappa shape index (κ2) is 7.73. The van der Waals surface area contributed by atoms with Crippen LogP contribution in [0.4, 0.5) is 10.5 Å². The van der Waals surface area contributed by atoms with Crippen LogP contribution in [0, 0.1) is 5.92 Å². The Morgan fingerprint density at radius 3 is 2.93 bits per heavy atom. The number of aromatic nitrogens is 2. The average molecular weight is 399 g/mol. The van der Waals surface area contributed by atoms with Crippen molar-refractivity contribution in [3.05, 3.63) is 23.9 Å². The highest BCUT2D eigenvalue weighted by Gasteiger charge is 2.31. The summed E-state index contributed by atoms with van der Waals surface area (Å²) in [6.07, 6.45) is 1.83. The fourth-order valence-electron chi connectivity index (χ4n) is 4.27. The number of carboxylic acid groups (broad SMARTS) is 1. The number of carbonyl (C=O) groups excluding carboxylic acids is 2. The molecule has 3 heterocycles. The molecule has 1 unspecified atom stereocenters. The topological polar surface area (TPSA) is 117 Å². The molecule has 2 aliphatic rings. The fourth-order valence-corrected chi connectivity index (χ4v) is 4.27. The normalized spacial score (nSPS) is 22.6. The van der Waals surface area contributed by atoms with Gasteiger partial charge in [-0.2, -0.15) is 5.10 Å². The van der Waals surface area contributed by atoms with Gasteiger partial charge < -0.3 is 15.3 Å². The van der Waals surface area contributed by atoms with E-state index < -0.39 is 12.0 Å². The summed E-state index contributed by atoms with van der Waals surface area (Å²) in [7, 11) is 1.84. The van der Waals surface area contributed by atoms with E-state index in [1.54, 1.807) is 4.68 Å². The van der Waals surface area contributed by atoms with Gasteiger partial charge in [0.1, 0.15) is 0 Å². The highest BCUT2D eigenvalue weighted by Crippen LogP contribution is 2.31. The molecule has 0 bridgehead atoms. The first-order valence-corrected chi connectivity index (χ1v) is 9.94. The number of fused-ring (bicyclic) bond motifs is 1. The molecule has 0 spiro atoms. The molecule has 29 heavy (non-hydrogen) atoms. The number of aryl methyl sites for hydroxylation is 1. The van der Waals surface area contributed by atoms with Crippen LogP contribution in [0.3, 0.4) is 0 Å². The van der Waals surface area contributed by atoms with E-state index in [1.165, 1.54) is 4.90 Å². The zero-order valence-corrected chi connectivity index (χ0v) is 16.4. The summed E-state index contributed by atoms with van der Waals surface area (Å²) in [5.74, 6) is -0.661. The molecule has 0 radical (unpaired) electrons. The van der Waals surface area contributed by atoms with Crippen molar-refractivity contribution < 1.29 is 19.5 Å². The Balaban J connectivity index is 1.49. The van der Waals surface area contributed by atoms with Crippen LogP contribution < -0.4 is 10.6 Å². The first-order chi connectivity index (χ1) is 13.9. The number of rotatable bonds is 4. The highest BCUT2D eigenvalue weighted by molar-refractivity contribution is 6.02. The lowest BCUT2D eigenvalue weighted by molar-refractivity contribution is -0.134. The van der Waals surface area contributed by atoms with E-state index >= 15 is 0 Å². The maximum Gasteiger partial charge on any atom is 0.407 e. The Labute approximate surface area is 168 Å². The van der Waals surface area contributed by atoms with Crippen molar-refractivity contribution in [2.45, 2.75) is 31.6 Å². The van der Waals surface area contributed by atoms with Crippen molar-refractivity contribution in [1.82, 2.24) is 20.0 Å². The van der Waals surface area contributed by atoms with Crippen LogP contribution in [0.25, 0.3) is 10.9 Å². The zero-order valence-electron chi connectivity index (χ0n) is 16.4. The van der Waals surface area contributed by atoms with Gasteiger partial charge in [0, 0.05) is 44.2 Å². The lowest BCUT2D eigenvalue weighted by atomic mass is 9.93. The maximum absolute atomic E-state index is 12.2. The minimum Gasteiger partial charge on any atom is -0.465 e. The molecule has 2 saturated heterocycles. The van der Waals surface area contributed by atoms with E-state index in [2.05, 4.69) is 15.7 Å². The number of nitrogens with zero attached hydrogens (tertiary/aromatic N) is 3. The third-order valence-corrected chi connectivity index (χ3v) is 5.83. The van der Waals surface area contributed by atoms with Gasteiger partial charge in [-0.15, -0.1) is 0 Å². The summed E-state index contributed by atoms with van der Waals surface area (Å²) in [5, 5.41) is 20.4. The number of amides is 3. The summed E-state index contributed by atoms with van der Waals surface area (Å²) >= 11 is 0. The molecule has 1 aromatic heterocycles. The second-order valence-electron chi connectivity index (χ2n) is 7.86. The molecule has 0 aliphatic carbocycles. The van der Waals surface area contributed by atoms with Gasteiger partial charge in [0.15, 0.2) is 0 Å². The number of benzene rings is 1. The second-order valence-corrected chi connectivity index (χ2v) is 7.86. The van der Waals surface area contributed by atoms with Crippen molar-refractivity contribution in [3.8, 4) is 0 Å². The Bertz CT molecular complexity index is 969. The van der Waals surface area contributed by atoms with E-state index in [1.807, 2.05) is 25.2 Å². The highest BCUT2D eigenvalue weighted by atomic mass is 16.4.